The minimum atomic E-state index is -4.73. The van der Waals surface area contributed by atoms with Crippen LogP contribution in [-0.2, 0) is 6.18 Å². The molecule has 4 heterocycles. The van der Waals surface area contributed by atoms with E-state index in [2.05, 4.69) is 10.1 Å². The van der Waals surface area contributed by atoms with Gasteiger partial charge in [0.1, 0.15) is 17.1 Å². The van der Waals surface area contributed by atoms with Crippen LogP contribution in [0.25, 0.3) is 16.9 Å². The number of piperazine rings is 1. The molecule has 5 rings (SSSR count). The largest absolute Gasteiger partial charge is 0.497 e. The molecule has 1 aliphatic rings. The number of furan rings is 1. The van der Waals surface area contributed by atoms with Gasteiger partial charge in [0.15, 0.2) is 11.3 Å². The lowest BCUT2D eigenvalue weighted by molar-refractivity contribution is -0.143. The van der Waals surface area contributed by atoms with Crippen molar-refractivity contribution in [2.45, 2.75) is 32.1 Å². The lowest BCUT2D eigenvalue weighted by atomic mass is 10.0. The van der Waals surface area contributed by atoms with Crippen molar-refractivity contribution in [3.05, 3.63) is 71.4 Å². The Morgan fingerprint density at radius 3 is 2.56 bits per heavy atom. The summed E-state index contributed by atoms with van der Waals surface area (Å²) in [5.74, 6) is 0.718. The van der Waals surface area contributed by atoms with E-state index in [1.807, 2.05) is 11.8 Å². The second kappa shape index (κ2) is 10.3. The van der Waals surface area contributed by atoms with Gasteiger partial charge in [0.2, 0.25) is 0 Å². The van der Waals surface area contributed by atoms with E-state index in [0.29, 0.717) is 41.2 Å². The van der Waals surface area contributed by atoms with Gasteiger partial charge >= 0.3 is 6.18 Å². The van der Waals surface area contributed by atoms with Gasteiger partial charge in [0, 0.05) is 36.8 Å². The number of hydrogen-bond donors (Lipinski definition) is 1. The zero-order valence-corrected chi connectivity index (χ0v) is 21.6. The highest BCUT2D eigenvalue weighted by Gasteiger charge is 2.40. The van der Waals surface area contributed by atoms with Gasteiger partial charge in [-0.05, 0) is 50.2 Å². The van der Waals surface area contributed by atoms with Gasteiger partial charge in [-0.3, -0.25) is 9.69 Å². The third-order valence-electron chi connectivity index (χ3n) is 7.15. The average molecular weight is 544 g/mol. The maximum Gasteiger partial charge on any atom is 0.433 e. The number of carbonyl (C=O) groups excluding carboxylic acids is 1. The molecule has 1 fully saturated rings. The van der Waals surface area contributed by atoms with E-state index in [-0.39, 0.29) is 41.2 Å². The van der Waals surface area contributed by atoms with Crippen molar-refractivity contribution in [3.8, 4) is 17.0 Å². The molecule has 3 aromatic heterocycles. The van der Waals surface area contributed by atoms with Crippen molar-refractivity contribution in [2.75, 3.05) is 33.4 Å². The summed E-state index contributed by atoms with van der Waals surface area (Å²) in [5.41, 5.74) is -0.704. The molecule has 2 atom stereocenters. The first-order valence-electron chi connectivity index (χ1n) is 12.4. The van der Waals surface area contributed by atoms with Crippen molar-refractivity contribution in [2.24, 2.45) is 0 Å². The number of fused-ring (bicyclic) bond motifs is 1. The van der Waals surface area contributed by atoms with Gasteiger partial charge in [-0.25, -0.2) is 9.50 Å². The van der Waals surface area contributed by atoms with Gasteiger partial charge in [-0.15, -0.1) is 0 Å². The lowest BCUT2D eigenvalue weighted by Gasteiger charge is -2.42. The van der Waals surface area contributed by atoms with Crippen LogP contribution < -0.4 is 4.74 Å². The number of ether oxygens (including phenoxy) is 1. The van der Waals surface area contributed by atoms with Crippen molar-refractivity contribution in [1.82, 2.24) is 24.4 Å². The molecule has 1 N–H and O–H groups in total. The number of aliphatic hydroxyl groups excluding tert-OH is 1. The maximum absolute atomic E-state index is 14.3. The maximum atomic E-state index is 14.3. The monoisotopic (exact) mass is 543 g/mol. The molecule has 39 heavy (non-hydrogen) atoms. The molecule has 0 saturated carbocycles. The van der Waals surface area contributed by atoms with E-state index in [9.17, 15) is 23.1 Å². The third-order valence-corrected chi connectivity index (χ3v) is 7.15. The summed E-state index contributed by atoms with van der Waals surface area (Å²) >= 11 is 0. The van der Waals surface area contributed by atoms with Gasteiger partial charge in [0.05, 0.1) is 37.9 Å². The predicted molar refractivity (Wildman–Crippen MR) is 135 cm³/mol. The number of nitrogens with zero attached hydrogens (tertiary/aromatic N) is 5. The van der Waals surface area contributed by atoms with Crippen LogP contribution in [0.4, 0.5) is 13.2 Å². The van der Waals surface area contributed by atoms with Crippen LogP contribution in [-0.4, -0.2) is 74.8 Å². The summed E-state index contributed by atoms with van der Waals surface area (Å²) in [6, 6.07) is 9.41. The Bertz CT molecular complexity index is 1470. The first-order valence-corrected chi connectivity index (χ1v) is 12.4. The van der Waals surface area contributed by atoms with Crippen molar-refractivity contribution >= 4 is 11.6 Å². The lowest BCUT2D eigenvalue weighted by Crippen LogP contribution is -2.55. The Balaban J connectivity index is 1.50. The van der Waals surface area contributed by atoms with Crippen molar-refractivity contribution < 1.29 is 32.2 Å². The molecule has 9 nitrogen and oxygen atoms in total. The van der Waals surface area contributed by atoms with Crippen molar-refractivity contribution in [1.29, 1.82) is 0 Å². The summed E-state index contributed by atoms with van der Waals surface area (Å²) < 4.78 is 54.1. The zero-order valence-electron chi connectivity index (χ0n) is 21.6. The number of aliphatic hydroxyl groups is 1. The molecule has 12 heteroatoms. The molecule has 4 aromatic rings. The quantitative estimate of drug-likeness (QED) is 0.389. The standard InChI is InChI=1S/C27H28F3N5O4/c1-16-14-33(21(15-36)22-5-4-12-39-22)10-11-34(16)26(37)20-13-31-35-24(27(28,29)30)17(2)23(32-25(20)35)18-6-8-19(38-3)9-7-18/h4-9,12-13,16,21,36H,10-11,14-15H2,1-3H3/t16-,21+/m1/s1. The zero-order chi connectivity index (χ0) is 27.9. The molecule has 206 valence electrons. The number of halogens is 3. The van der Waals surface area contributed by atoms with Gasteiger partial charge < -0.3 is 19.2 Å². The number of carbonyl (C=O) groups is 1. The first kappa shape index (κ1) is 26.7. The van der Waals surface area contributed by atoms with Gasteiger partial charge in [-0.2, -0.15) is 18.3 Å². The smallest absolute Gasteiger partial charge is 0.433 e. The van der Waals surface area contributed by atoms with Crippen molar-refractivity contribution in [3.63, 3.8) is 0 Å². The highest BCUT2D eigenvalue weighted by molar-refractivity contribution is 6.00. The Kier molecular flexibility index (Phi) is 7.08. The van der Waals surface area contributed by atoms with Crippen LogP contribution >= 0.6 is 0 Å². The molecule has 0 unspecified atom stereocenters. The molecule has 0 radical (unpaired) electrons. The summed E-state index contributed by atoms with van der Waals surface area (Å²) in [6.45, 7) is 4.23. The highest BCUT2D eigenvalue weighted by atomic mass is 19.4. The number of amides is 1. The Morgan fingerprint density at radius 1 is 1.23 bits per heavy atom. The van der Waals surface area contributed by atoms with Gasteiger partial charge in [-0.1, -0.05) is 0 Å². The summed E-state index contributed by atoms with van der Waals surface area (Å²) in [5, 5.41) is 13.9. The molecule has 1 aromatic carbocycles. The SMILES string of the molecule is COc1ccc(-c2nc3c(C(=O)N4CCN([C@@H](CO)c5ccco5)C[C@H]4C)cnn3c(C(F)(F)F)c2C)cc1. The Morgan fingerprint density at radius 2 is 1.97 bits per heavy atom. The topological polar surface area (TPSA) is 96.3 Å². The van der Waals surface area contributed by atoms with E-state index in [4.69, 9.17) is 9.15 Å². The molecule has 0 aliphatic carbocycles. The first-order chi connectivity index (χ1) is 18.6. The molecular formula is C27H28F3N5O4. The van der Waals surface area contributed by atoms with Crippen LogP contribution in [0, 0.1) is 6.92 Å². The van der Waals surface area contributed by atoms with Crippen LogP contribution in [0.2, 0.25) is 0 Å². The second-order valence-corrected chi connectivity index (χ2v) is 9.51. The van der Waals surface area contributed by atoms with Crippen LogP contribution in [0.15, 0.2) is 53.3 Å². The number of alkyl halides is 3. The number of hydrogen-bond acceptors (Lipinski definition) is 7. The van der Waals surface area contributed by atoms with E-state index in [1.165, 1.54) is 20.3 Å². The number of methoxy groups -OCH3 is 1. The summed E-state index contributed by atoms with van der Waals surface area (Å²) in [4.78, 5) is 21.8. The minimum Gasteiger partial charge on any atom is -0.497 e. The van der Waals surface area contributed by atoms with E-state index in [1.54, 1.807) is 41.3 Å². The predicted octanol–water partition coefficient (Wildman–Crippen LogP) is 4.21. The molecule has 0 spiro atoms. The average Bonchev–Trinajstić information content (AvgIpc) is 3.58. The number of benzene rings is 1. The fraction of sp³-hybridized carbons (Fsp3) is 0.370. The molecule has 0 bridgehead atoms. The molecule has 1 aliphatic heterocycles. The summed E-state index contributed by atoms with van der Waals surface area (Å²) in [7, 11) is 1.50. The summed E-state index contributed by atoms with van der Waals surface area (Å²) in [6.07, 6.45) is -2.05. The normalized spacial score (nSPS) is 17.5. The number of rotatable bonds is 6. The second-order valence-electron chi connectivity index (χ2n) is 9.51. The Hall–Kier alpha value is -3.90. The van der Waals surface area contributed by atoms with Gasteiger partial charge in [0.25, 0.3) is 5.91 Å². The minimum absolute atomic E-state index is 0.0136. The highest BCUT2D eigenvalue weighted by Crippen LogP contribution is 2.37. The fourth-order valence-corrected chi connectivity index (χ4v) is 5.18. The van der Waals surface area contributed by atoms with E-state index < -0.39 is 17.8 Å². The molecule has 1 saturated heterocycles. The molecular weight excluding hydrogens is 515 g/mol. The Labute approximate surface area is 222 Å². The van der Waals surface area contributed by atoms with E-state index >= 15 is 0 Å². The van der Waals surface area contributed by atoms with Crippen LogP contribution in [0.3, 0.4) is 0 Å². The third kappa shape index (κ3) is 4.85. The van der Waals surface area contributed by atoms with Crippen LogP contribution in [0.1, 0.15) is 40.3 Å². The number of aromatic nitrogens is 3. The van der Waals surface area contributed by atoms with Crippen LogP contribution in [0.5, 0.6) is 5.75 Å². The molecule has 1 amide bonds. The fourth-order valence-electron chi connectivity index (χ4n) is 5.18. The van der Waals surface area contributed by atoms with E-state index in [0.717, 1.165) is 6.20 Å².